The maximum absolute atomic E-state index is 16.0. The Morgan fingerprint density at radius 1 is 0.787 bits per heavy atom. The zero-order chi connectivity index (χ0) is 66.3. The number of carbonyl (C=O) groups is 7. The first-order valence-electron chi connectivity index (χ1n) is 31.9. The number of aryl methyl sites for hydroxylation is 1. The summed E-state index contributed by atoms with van der Waals surface area (Å²) in [7, 11) is 4.47. The normalized spacial score (nSPS) is 18.7. The van der Waals surface area contributed by atoms with Gasteiger partial charge in [0.1, 0.15) is 18.9 Å². The van der Waals surface area contributed by atoms with Crippen LogP contribution in [0, 0.1) is 22.6 Å². The smallest absolute Gasteiger partial charge is 0.325 e. The van der Waals surface area contributed by atoms with E-state index in [-0.39, 0.29) is 112 Å². The number of nitrogens with zero attached hydrogens (tertiary/aromatic N) is 10. The van der Waals surface area contributed by atoms with Crippen LogP contribution >= 0.6 is 0 Å². The van der Waals surface area contributed by atoms with Crippen molar-refractivity contribution < 1.29 is 75.2 Å². The number of amides is 6. The third kappa shape index (κ3) is 14.9. The summed E-state index contributed by atoms with van der Waals surface area (Å²) >= 11 is 0. The third-order valence-corrected chi connectivity index (χ3v) is 19.0. The number of alkyl halides is 2. The molecule has 0 radical (unpaired) electrons. The number of halogens is 3. The Morgan fingerprint density at radius 2 is 1.47 bits per heavy atom. The van der Waals surface area contributed by atoms with Crippen molar-refractivity contribution >= 4 is 68.9 Å². The van der Waals surface area contributed by atoms with Gasteiger partial charge >= 0.3 is 5.97 Å². The molecule has 94 heavy (non-hydrogen) atoms. The molecule has 2 saturated carbocycles. The zero-order valence-electron chi connectivity index (χ0n) is 53.4. The lowest BCUT2D eigenvalue weighted by Crippen LogP contribution is -2.63. The highest BCUT2D eigenvalue weighted by molar-refractivity contribution is 6.04. The number of rotatable bonds is 32. The second-order valence-electron chi connectivity index (χ2n) is 25.3. The number of aromatic amines is 1. The Kier molecular flexibility index (Phi) is 20.8. The van der Waals surface area contributed by atoms with E-state index in [0.29, 0.717) is 155 Å². The number of methoxy groups -OCH3 is 1. The van der Waals surface area contributed by atoms with Crippen molar-refractivity contribution in [2.45, 2.75) is 89.1 Å². The molecule has 2 aliphatic heterocycles. The van der Waals surface area contributed by atoms with Gasteiger partial charge in [-0.15, -0.1) is 0 Å². The van der Waals surface area contributed by atoms with Gasteiger partial charge in [-0.05, 0) is 55.9 Å². The lowest BCUT2D eigenvalue weighted by atomic mass is 9.56. The molecule has 6 amide bonds. The van der Waals surface area contributed by atoms with E-state index >= 15 is 4.39 Å². The summed E-state index contributed by atoms with van der Waals surface area (Å²) < 4.78 is 82.3. The molecule has 30 heteroatoms. The van der Waals surface area contributed by atoms with Crippen LogP contribution in [-0.2, 0) is 83.6 Å². The molecule has 5 aliphatic rings. The van der Waals surface area contributed by atoms with E-state index in [1.54, 1.807) is 63.6 Å². The van der Waals surface area contributed by atoms with Gasteiger partial charge in [-0.2, -0.15) is 20.4 Å². The molecule has 4 N–H and O–H groups in total. The SMILES string of the molecule is COC(=O)CNC(=O)CN(C)C(=O)Cn1nc(C2CC3(C2)CN(C(=O)CCC(=O)NCCOCCOCCOCCOCCOCCC(=O)N2CCC(n4cc(NC(=O)c5n[nH]c6c5CC5C(F)(F)C5(C)C6)cn4)CC2)C3)c2c(-c3cc4c(cnn4C)cc3F)cccc21. The molecular formula is C64H81F3N14O13. The number of ether oxygens (including phenoxy) is 6. The van der Waals surface area contributed by atoms with Gasteiger partial charge in [-0.3, -0.25) is 52.7 Å². The highest BCUT2D eigenvalue weighted by Gasteiger charge is 2.78. The van der Waals surface area contributed by atoms with Gasteiger partial charge in [0.25, 0.3) is 11.8 Å². The molecule has 6 heterocycles. The van der Waals surface area contributed by atoms with E-state index in [4.69, 9.17) is 28.8 Å². The molecule has 6 aromatic rings. The van der Waals surface area contributed by atoms with Gasteiger partial charge in [0.05, 0.1) is 127 Å². The molecule has 4 aromatic heterocycles. The number of aromatic nitrogens is 8. The van der Waals surface area contributed by atoms with Crippen molar-refractivity contribution in [1.29, 1.82) is 0 Å². The molecule has 506 valence electrons. The van der Waals surface area contributed by atoms with E-state index in [0.717, 1.165) is 5.52 Å². The zero-order valence-corrected chi connectivity index (χ0v) is 53.4. The lowest BCUT2D eigenvalue weighted by molar-refractivity contribution is -0.152. The average Bonchev–Trinajstić information content (AvgIpc) is 1.50. The summed E-state index contributed by atoms with van der Waals surface area (Å²) in [6.07, 6.45) is 8.32. The fourth-order valence-corrected chi connectivity index (χ4v) is 13.5. The van der Waals surface area contributed by atoms with Gasteiger partial charge < -0.3 is 59.1 Å². The molecule has 2 atom stereocenters. The number of nitrogens with one attached hydrogen (secondary N) is 4. The Balaban J connectivity index is 0.497. The summed E-state index contributed by atoms with van der Waals surface area (Å²) in [5.74, 6) is -6.42. The van der Waals surface area contributed by atoms with Crippen LogP contribution in [0.5, 0.6) is 0 Å². The van der Waals surface area contributed by atoms with Crippen LogP contribution in [0.25, 0.3) is 32.9 Å². The molecule has 2 unspecified atom stereocenters. The van der Waals surface area contributed by atoms with Crippen molar-refractivity contribution in [3.8, 4) is 11.1 Å². The molecule has 11 rings (SSSR count). The minimum atomic E-state index is -2.75. The number of likely N-dealkylation sites (tertiary alicyclic amines) is 2. The summed E-state index contributed by atoms with van der Waals surface area (Å²) in [5, 5.41) is 30.1. The van der Waals surface area contributed by atoms with Crippen LogP contribution in [0.4, 0.5) is 18.9 Å². The minimum Gasteiger partial charge on any atom is -0.468 e. The minimum absolute atomic E-state index is 0.00754. The first-order chi connectivity index (χ1) is 45.2. The number of anilines is 1. The summed E-state index contributed by atoms with van der Waals surface area (Å²) in [5.41, 5.74) is 3.57. The molecular weight excluding hydrogens is 1230 g/mol. The third-order valence-electron chi connectivity index (χ3n) is 19.0. The van der Waals surface area contributed by atoms with Gasteiger partial charge in [-0.25, -0.2) is 13.2 Å². The molecule has 0 bridgehead atoms. The standard InChI is InChI=1S/C64H81F3N14O13/c1-62-31-48-46(28-51(62)64(62,66)67)60(74-73-48)61(88)72-42-33-71-80(35-42)43-10-14-78(15-11-43)55(85)12-16-90-18-20-92-22-24-94-25-23-93-21-19-91-17-13-68-52(82)8-9-54(84)79-38-63(39-79)29-41(30-63)59-58-44(45-27-50-40(26-47(45)65)32-70-77(50)3)6-5-7-49(58)81(75-59)37-56(86)76(2)36-53(83)69-34-57(87)89-4/h5-7,26-27,32-33,35,41,43,51H,8-25,28-31,34,36-39H2,1-4H3,(H,68,82)(H,69,83)(H,72,88)(H,73,74). The number of piperidine rings is 1. The van der Waals surface area contributed by atoms with Gasteiger partial charge in [0.2, 0.25) is 29.5 Å². The van der Waals surface area contributed by atoms with E-state index in [2.05, 4.69) is 41.1 Å². The van der Waals surface area contributed by atoms with Gasteiger partial charge in [0.15, 0.2) is 5.69 Å². The topological polar surface area (TPSA) is 303 Å². The van der Waals surface area contributed by atoms with Crippen molar-refractivity contribution in [1.82, 2.24) is 64.9 Å². The number of esters is 1. The van der Waals surface area contributed by atoms with Crippen LogP contribution in [-0.4, -0.2) is 228 Å². The Labute approximate surface area is 539 Å². The number of carbonyl (C=O) groups excluding carboxylic acids is 7. The quantitative estimate of drug-likeness (QED) is 0.0343. The van der Waals surface area contributed by atoms with Crippen molar-refractivity contribution in [2.24, 2.45) is 23.8 Å². The van der Waals surface area contributed by atoms with Crippen LogP contribution < -0.4 is 16.0 Å². The van der Waals surface area contributed by atoms with Crippen molar-refractivity contribution in [3.63, 3.8) is 0 Å². The predicted octanol–water partition coefficient (Wildman–Crippen LogP) is 3.96. The monoisotopic (exact) mass is 1310 g/mol. The highest BCUT2D eigenvalue weighted by Crippen LogP contribution is 2.70. The van der Waals surface area contributed by atoms with Crippen LogP contribution in [0.3, 0.4) is 0 Å². The van der Waals surface area contributed by atoms with E-state index < -0.39 is 46.8 Å². The fraction of sp³-hybridized carbons (Fsp3) is 0.578. The van der Waals surface area contributed by atoms with Crippen molar-refractivity contribution in [3.05, 3.63) is 77.4 Å². The molecule has 2 saturated heterocycles. The van der Waals surface area contributed by atoms with Crippen LogP contribution in [0.15, 0.2) is 48.9 Å². The molecule has 4 fully saturated rings. The van der Waals surface area contributed by atoms with Crippen molar-refractivity contribution in [2.75, 3.05) is 131 Å². The molecule has 1 spiro atoms. The predicted molar refractivity (Wildman–Crippen MR) is 332 cm³/mol. The van der Waals surface area contributed by atoms with Crippen LogP contribution in [0.1, 0.15) is 91.3 Å². The Hall–Kier alpha value is -8.32. The van der Waals surface area contributed by atoms with Gasteiger partial charge in [-0.1, -0.05) is 19.1 Å². The number of hydrogen-bond acceptors (Lipinski definition) is 17. The van der Waals surface area contributed by atoms with E-state index in [9.17, 15) is 42.3 Å². The van der Waals surface area contributed by atoms with E-state index in [1.807, 2.05) is 17.0 Å². The maximum atomic E-state index is 16.0. The molecule has 27 nitrogen and oxygen atoms in total. The van der Waals surface area contributed by atoms with Crippen LogP contribution in [0.2, 0.25) is 0 Å². The Morgan fingerprint density at radius 3 is 2.17 bits per heavy atom. The molecule has 2 aromatic carbocycles. The first kappa shape index (κ1) is 67.1. The summed E-state index contributed by atoms with van der Waals surface area (Å²) in [6.45, 7) is 6.59. The maximum Gasteiger partial charge on any atom is 0.325 e. The van der Waals surface area contributed by atoms with Gasteiger partial charge in [0, 0.05) is 123 Å². The Bertz CT molecular complexity index is 3750. The molecule has 3 aliphatic carbocycles. The number of likely N-dealkylation sites (N-methyl/N-ethyl adjacent to an activating group) is 1. The number of benzene rings is 2. The number of hydrogen-bond donors (Lipinski definition) is 4. The number of fused-ring (bicyclic) bond motifs is 4. The highest BCUT2D eigenvalue weighted by atomic mass is 19.3. The second kappa shape index (κ2) is 29.1. The summed E-state index contributed by atoms with van der Waals surface area (Å²) in [6, 6.07) is 8.72. The lowest BCUT2D eigenvalue weighted by Gasteiger charge is -2.59. The first-order valence-corrected chi connectivity index (χ1v) is 31.9. The largest absolute Gasteiger partial charge is 0.468 e. The number of H-pyrrole nitrogens is 1. The average molecular weight is 1310 g/mol. The second-order valence-corrected chi connectivity index (χ2v) is 25.3. The fourth-order valence-electron chi connectivity index (χ4n) is 13.5. The summed E-state index contributed by atoms with van der Waals surface area (Å²) in [4.78, 5) is 94.3. The van der Waals surface area contributed by atoms with E-state index in [1.165, 1.54) is 25.1 Å².